The van der Waals surface area contributed by atoms with Crippen LogP contribution in [0.2, 0.25) is 0 Å². The van der Waals surface area contributed by atoms with Crippen molar-refractivity contribution >= 4 is 23.6 Å². The fraction of sp³-hybridized carbons (Fsp3) is 0.882. The molecule has 4 nitrogen and oxygen atoms in total. The number of ether oxygens (including phenoxy) is 1. The lowest BCUT2D eigenvalue weighted by Gasteiger charge is -2.55. The van der Waals surface area contributed by atoms with Crippen molar-refractivity contribution in [3.8, 4) is 0 Å². The smallest absolute Gasteiger partial charge is 0.328 e. The summed E-state index contributed by atoms with van der Waals surface area (Å²) in [5, 5.41) is 3.03. The molecule has 4 saturated carbocycles. The van der Waals surface area contributed by atoms with Crippen molar-refractivity contribution < 1.29 is 14.3 Å². The highest BCUT2D eigenvalue weighted by Gasteiger charge is 2.54. The van der Waals surface area contributed by atoms with E-state index in [9.17, 15) is 9.59 Å². The maximum absolute atomic E-state index is 13.0. The van der Waals surface area contributed by atoms with Crippen LogP contribution < -0.4 is 5.32 Å². The second kappa shape index (κ2) is 6.42. The number of carbonyl (C=O) groups excluding carboxylic acids is 2. The topological polar surface area (TPSA) is 55.4 Å². The molecule has 0 aromatic heterocycles. The van der Waals surface area contributed by atoms with Crippen LogP contribution in [0, 0.1) is 23.2 Å². The van der Waals surface area contributed by atoms with Crippen LogP contribution in [-0.2, 0) is 14.3 Å². The van der Waals surface area contributed by atoms with Gasteiger partial charge in [-0.25, -0.2) is 4.79 Å². The summed E-state index contributed by atoms with van der Waals surface area (Å²) < 4.78 is 4.87. The van der Waals surface area contributed by atoms with Crippen molar-refractivity contribution in [2.24, 2.45) is 23.2 Å². The van der Waals surface area contributed by atoms with E-state index in [1.807, 2.05) is 6.26 Å². The van der Waals surface area contributed by atoms with Gasteiger partial charge in [0.05, 0.1) is 7.11 Å². The highest BCUT2D eigenvalue weighted by atomic mass is 32.2. The van der Waals surface area contributed by atoms with Crippen molar-refractivity contribution in [3.05, 3.63) is 0 Å². The molecule has 0 aliphatic heterocycles. The Morgan fingerprint density at radius 3 is 2.18 bits per heavy atom. The number of amides is 1. The molecule has 0 radical (unpaired) electrons. The van der Waals surface area contributed by atoms with Crippen molar-refractivity contribution in [1.29, 1.82) is 0 Å². The second-order valence-corrected chi connectivity index (χ2v) is 8.51. The average molecular weight is 325 g/mol. The van der Waals surface area contributed by atoms with Crippen LogP contribution in [0.15, 0.2) is 0 Å². The van der Waals surface area contributed by atoms with E-state index >= 15 is 0 Å². The zero-order valence-corrected chi connectivity index (χ0v) is 14.4. The lowest BCUT2D eigenvalue weighted by atomic mass is 9.49. The first-order valence-electron chi connectivity index (χ1n) is 8.44. The zero-order chi connectivity index (χ0) is 15.7. The molecule has 0 aromatic carbocycles. The first-order valence-corrected chi connectivity index (χ1v) is 9.83. The minimum atomic E-state index is -0.488. The summed E-state index contributed by atoms with van der Waals surface area (Å²) >= 11 is 1.69. The van der Waals surface area contributed by atoms with E-state index in [4.69, 9.17) is 4.74 Å². The normalized spacial score (nSPS) is 36.9. The van der Waals surface area contributed by atoms with Crippen LogP contribution in [0.5, 0.6) is 0 Å². The van der Waals surface area contributed by atoms with Gasteiger partial charge in [-0.2, -0.15) is 11.8 Å². The maximum atomic E-state index is 13.0. The molecule has 4 aliphatic rings. The van der Waals surface area contributed by atoms with Gasteiger partial charge < -0.3 is 10.1 Å². The second-order valence-electron chi connectivity index (χ2n) is 7.53. The zero-order valence-electron chi connectivity index (χ0n) is 13.6. The molecular weight excluding hydrogens is 298 g/mol. The fourth-order valence-electron chi connectivity index (χ4n) is 5.33. The lowest BCUT2D eigenvalue weighted by Crippen LogP contribution is -2.56. The van der Waals surface area contributed by atoms with Gasteiger partial charge in [-0.1, -0.05) is 0 Å². The number of nitrogens with one attached hydrogen (secondary N) is 1. The Morgan fingerprint density at radius 2 is 1.73 bits per heavy atom. The van der Waals surface area contributed by atoms with Crippen molar-refractivity contribution in [3.63, 3.8) is 0 Å². The van der Waals surface area contributed by atoms with Crippen LogP contribution in [0.4, 0.5) is 0 Å². The minimum absolute atomic E-state index is 0.114. The first-order chi connectivity index (χ1) is 10.6. The summed E-state index contributed by atoms with van der Waals surface area (Å²) in [7, 11) is 1.39. The monoisotopic (exact) mass is 325 g/mol. The van der Waals surface area contributed by atoms with E-state index in [1.54, 1.807) is 11.8 Å². The van der Waals surface area contributed by atoms with Crippen molar-refractivity contribution in [2.45, 2.75) is 51.0 Å². The number of methoxy groups -OCH3 is 1. The van der Waals surface area contributed by atoms with Crippen LogP contribution in [-0.4, -0.2) is 37.0 Å². The number of carbonyl (C=O) groups is 2. The Bertz CT molecular complexity index is 416. The fourth-order valence-corrected chi connectivity index (χ4v) is 5.80. The van der Waals surface area contributed by atoms with Gasteiger partial charge in [0.1, 0.15) is 6.04 Å². The van der Waals surface area contributed by atoms with Gasteiger partial charge in [-0.05, 0) is 74.7 Å². The summed E-state index contributed by atoms with van der Waals surface area (Å²) in [6.07, 6.45) is 9.70. The highest BCUT2D eigenvalue weighted by Crippen LogP contribution is 2.60. The molecule has 5 heteroatoms. The summed E-state index contributed by atoms with van der Waals surface area (Å²) in [5.41, 5.74) is -0.194. The van der Waals surface area contributed by atoms with Gasteiger partial charge in [0.15, 0.2) is 0 Å². The molecule has 4 aliphatic carbocycles. The Morgan fingerprint density at radius 1 is 1.18 bits per heavy atom. The predicted octanol–water partition coefficient (Wildman–Crippen LogP) is 2.61. The van der Waals surface area contributed by atoms with E-state index in [0.29, 0.717) is 6.42 Å². The maximum Gasteiger partial charge on any atom is 0.328 e. The Labute approximate surface area is 137 Å². The standard InChI is InChI=1S/C17H27NO3S/c1-21-15(19)14(3-4-22-2)18-16(20)17-8-11-5-12(9-17)7-13(6-11)10-17/h11-14H,3-10H2,1-2H3,(H,18,20)/t11?,12?,13?,14-,17?/m0/s1. The van der Waals surface area contributed by atoms with Gasteiger partial charge in [0, 0.05) is 5.41 Å². The predicted molar refractivity (Wildman–Crippen MR) is 87.6 cm³/mol. The van der Waals surface area contributed by atoms with Gasteiger partial charge >= 0.3 is 5.97 Å². The number of hydrogen-bond acceptors (Lipinski definition) is 4. The molecule has 4 bridgehead atoms. The molecule has 1 N–H and O–H groups in total. The molecule has 0 saturated heterocycles. The average Bonchev–Trinajstić information content (AvgIpc) is 2.49. The Kier molecular flexibility index (Phi) is 4.72. The number of rotatable bonds is 6. The quantitative estimate of drug-likeness (QED) is 0.763. The third-order valence-corrected chi connectivity index (χ3v) is 6.57. The molecular formula is C17H27NO3S. The molecule has 0 spiro atoms. The van der Waals surface area contributed by atoms with E-state index in [-0.39, 0.29) is 17.3 Å². The van der Waals surface area contributed by atoms with E-state index in [1.165, 1.54) is 26.4 Å². The van der Waals surface area contributed by atoms with Crippen LogP contribution in [0.25, 0.3) is 0 Å². The van der Waals surface area contributed by atoms with Crippen LogP contribution in [0.3, 0.4) is 0 Å². The van der Waals surface area contributed by atoms with Gasteiger partial charge in [-0.15, -0.1) is 0 Å². The molecule has 0 heterocycles. The molecule has 0 unspecified atom stereocenters. The van der Waals surface area contributed by atoms with Gasteiger partial charge in [0.25, 0.3) is 0 Å². The third-order valence-electron chi connectivity index (χ3n) is 5.92. The number of thioether (sulfide) groups is 1. The Balaban J connectivity index is 1.68. The molecule has 22 heavy (non-hydrogen) atoms. The number of esters is 1. The first kappa shape index (κ1) is 16.2. The molecule has 124 valence electrons. The van der Waals surface area contributed by atoms with E-state index < -0.39 is 6.04 Å². The summed E-state index contributed by atoms with van der Waals surface area (Å²) in [6.45, 7) is 0. The molecule has 1 amide bonds. The molecule has 0 aromatic rings. The SMILES string of the molecule is COC(=O)[C@H](CCSC)NC(=O)C12CC3CC(CC(C3)C1)C2. The van der Waals surface area contributed by atoms with Gasteiger partial charge in [-0.3, -0.25) is 4.79 Å². The van der Waals surface area contributed by atoms with Crippen molar-refractivity contribution in [1.82, 2.24) is 5.32 Å². The largest absolute Gasteiger partial charge is 0.467 e. The molecule has 4 rings (SSSR count). The van der Waals surface area contributed by atoms with E-state index in [0.717, 1.165) is 42.8 Å². The van der Waals surface area contributed by atoms with E-state index in [2.05, 4.69) is 5.32 Å². The minimum Gasteiger partial charge on any atom is -0.467 e. The van der Waals surface area contributed by atoms with Gasteiger partial charge in [0.2, 0.25) is 5.91 Å². The van der Waals surface area contributed by atoms with Crippen molar-refractivity contribution in [2.75, 3.05) is 19.1 Å². The lowest BCUT2D eigenvalue weighted by molar-refractivity contribution is -0.152. The van der Waals surface area contributed by atoms with Crippen LogP contribution >= 0.6 is 11.8 Å². The summed E-state index contributed by atoms with van der Waals surface area (Å²) in [4.78, 5) is 24.9. The molecule has 1 atom stereocenters. The number of hydrogen-bond donors (Lipinski definition) is 1. The van der Waals surface area contributed by atoms with Crippen LogP contribution in [0.1, 0.15) is 44.9 Å². The Hall–Kier alpha value is -0.710. The third kappa shape index (κ3) is 3.01. The summed E-state index contributed by atoms with van der Waals surface area (Å²) in [5.74, 6) is 2.86. The highest BCUT2D eigenvalue weighted by molar-refractivity contribution is 7.98. The summed E-state index contributed by atoms with van der Waals surface area (Å²) in [6, 6.07) is -0.488. The molecule has 4 fully saturated rings.